The number of amides is 1. The number of anilines is 1. The van der Waals surface area contributed by atoms with Crippen LogP contribution in [0.5, 0.6) is 0 Å². The molecule has 1 N–H and O–H groups in total. The van der Waals surface area contributed by atoms with Crippen LogP contribution in [-0.2, 0) is 4.79 Å². The summed E-state index contributed by atoms with van der Waals surface area (Å²) in [6.07, 6.45) is 9.94. The van der Waals surface area contributed by atoms with Gasteiger partial charge in [0.15, 0.2) is 0 Å². The van der Waals surface area contributed by atoms with Gasteiger partial charge < -0.3 is 10.2 Å². The predicted molar refractivity (Wildman–Crippen MR) is 139 cm³/mol. The van der Waals surface area contributed by atoms with E-state index in [1.165, 1.54) is 42.6 Å². The number of nitrogens with one attached hydrogen (secondary N) is 1. The summed E-state index contributed by atoms with van der Waals surface area (Å²) in [6.45, 7) is 4.09. The Balaban J connectivity index is 1.37. The minimum atomic E-state index is -0.101. The molecule has 1 aromatic carbocycles. The molecule has 7 heteroatoms. The number of carbonyl (C=O) groups is 1. The van der Waals surface area contributed by atoms with Crippen molar-refractivity contribution in [3.8, 4) is 5.69 Å². The van der Waals surface area contributed by atoms with E-state index in [2.05, 4.69) is 16.3 Å². The number of fused-ring (bicyclic) bond motifs is 1. The molecule has 2 aliphatic rings. The normalized spacial score (nSPS) is 18.7. The Kier molecular flexibility index (Phi) is 6.81. The van der Waals surface area contributed by atoms with E-state index in [1.807, 2.05) is 42.6 Å². The Hall–Kier alpha value is -2.93. The molecule has 3 aromatic rings. The molecule has 1 aliphatic carbocycles. The van der Waals surface area contributed by atoms with Crippen molar-refractivity contribution in [1.82, 2.24) is 14.9 Å². The van der Waals surface area contributed by atoms with Crippen LogP contribution in [0.25, 0.3) is 15.9 Å². The number of aryl methyl sites for hydroxylation is 1. The minimum absolute atomic E-state index is 0.0498. The molecule has 0 radical (unpaired) electrons. The molecule has 178 valence electrons. The monoisotopic (exact) mass is 476 g/mol. The molecule has 1 amide bonds. The largest absolute Gasteiger partial charge is 0.355 e. The lowest BCUT2D eigenvalue weighted by Gasteiger charge is -2.34. The zero-order chi connectivity index (χ0) is 23.5. The van der Waals surface area contributed by atoms with Crippen LogP contribution in [0.2, 0.25) is 0 Å². The number of allylic oxidation sites excluding steroid dienone is 1. The molecule has 1 saturated heterocycles. The number of benzene rings is 1. The van der Waals surface area contributed by atoms with Crippen molar-refractivity contribution in [1.29, 1.82) is 0 Å². The molecule has 0 saturated carbocycles. The van der Waals surface area contributed by atoms with Gasteiger partial charge in [-0.15, -0.1) is 11.3 Å². The summed E-state index contributed by atoms with van der Waals surface area (Å²) < 4.78 is 2.38. The Morgan fingerprint density at radius 1 is 1.18 bits per heavy atom. The molecule has 1 fully saturated rings. The lowest BCUT2D eigenvalue weighted by molar-refractivity contribution is -0.125. The summed E-state index contributed by atoms with van der Waals surface area (Å²) >= 11 is 1.42. The zero-order valence-corrected chi connectivity index (χ0v) is 20.6. The average Bonchev–Trinajstić information content (AvgIpc) is 3.35. The van der Waals surface area contributed by atoms with E-state index < -0.39 is 0 Å². The quantitative estimate of drug-likeness (QED) is 0.510. The summed E-state index contributed by atoms with van der Waals surface area (Å²) in [5.74, 6) is 0.641. The first-order chi connectivity index (χ1) is 16.6. The third kappa shape index (κ3) is 4.80. The first-order valence-electron chi connectivity index (χ1n) is 12.4. The molecule has 1 aliphatic heterocycles. The molecule has 3 heterocycles. The second-order valence-corrected chi connectivity index (χ2v) is 10.4. The fourth-order valence-electron chi connectivity index (χ4n) is 5.03. The SMILES string of the molecule is Cc1ccc(-n2c(N3CCCC(C(=O)NCCC4=CCCCC4)C3)nc3ccsc3c2=O)cc1. The molecule has 6 nitrogen and oxygen atoms in total. The second kappa shape index (κ2) is 10.1. The van der Waals surface area contributed by atoms with Crippen molar-refractivity contribution in [3.05, 3.63) is 63.3 Å². The van der Waals surface area contributed by atoms with Crippen molar-refractivity contribution in [2.45, 2.75) is 51.9 Å². The van der Waals surface area contributed by atoms with E-state index in [1.54, 1.807) is 4.57 Å². The van der Waals surface area contributed by atoms with Gasteiger partial charge >= 0.3 is 0 Å². The van der Waals surface area contributed by atoms with E-state index in [0.717, 1.165) is 42.6 Å². The van der Waals surface area contributed by atoms with Gasteiger partial charge in [-0.05, 0) is 75.4 Å². The molecule has 34 heavy (non-hydrogen) atoms. The third-order valence-electron chi connectivity index (χ3n) is 6.96. The number of nitrogens with zero attached hydrogens (tertiary/aromatic N) is 3. The maximum Gasteiger partial charge on any atom is 0.277 e. The molecule has 0 spiro atoms. The van der Waals surface area contributed by atoms with E-state index in [0.29, 0.717) is 23.7 Å². The molecule has 2 aromatic heterocycles. The Labute approximate surface area is 204 Å². The highest BCUT2D eigenvalue weighted by molar-refractivity contribution is 7.17. The number of hydrogen-bond donors (Lipinski definition) is 1. The Bertz CT molecular complexity index is 1260. The van der Waals surface area contributed by atoms with Gasteiger partial charge in [-0.1, -0.05) is 29.3 Å². The van der Waals surface area contributed by atoms with Gasteiger partial charge in [0.2, 0.25) is 11.9 Å². The highest BCUT2D eigenvalue weighted by Gasteiger charge is 2.29. The third-order valence-corrected chi connectivity index (χ3v) is 7.85. The first kappa shape index (κ1) is 22.8. The lowest BCUT2D eigenvalue weighted by Crippen LogP contribution is -2.45. The highest BCUT2D eigenvalue weighted by Crippen LogP contribution is 2.27. The summed E-state index contributed by atoms with van der Waals surface area (Å²) in [5, 5.41) is 5.08. The number of rotatable bonds is 6. The topological polar surface area (TPSA) is 67.2 Å². The van der Waals surface area contributed by atoms with Gasteiger partial charge in [0, 0.05) is 19.6 Å². The van der Waals surface area contributed by atoms with Gasteiger partial charge in [0.25, 0.3) is 5.56 Å². The van der Waals surface area contributed by atoms with Crippen molar-refractivity contribution in [3.63, 3.8) is 0 Å². The lowest BCUT2D eigenvalue weighted by atomic mass is 9.96. The van der Waals surface area contributed by atoms with Crippen molar-refractivity contribution >= 4 is 33.4 Å². The van der Waals surface area contributed by atoms with Gasteiger partial charge in [-0.25, -0.2) is 9.55 Å². The average molecular weight is 477 g/mol. The second-order valence-electron chi connectivity index (χ2n) is 9.46. The summed E-state index contributed by atoms with van der Waals surface area (Å²) in [6, 6.07) is 9.86. The molecular formula is C27H32N4O2S. The van der Waals surface area contributed by atoms with E-state index in [9.17, 15) is 9.59 Å². The van der Waals surface area contributed by atoms with Crippen molar-refractivity contribution in [2.24, 2.45) is 5.92 Å². The Morgan fingerprint density at radius 3 is 2.82 bits per heavy atom. The number of hydrogen-bond acceptors (Lipinski definition) is 5. The van der Waals surface area contributed by atoms with Crippen LogP contribution in [0.3, 0.4) is 0 Å². The molecule has 1 atom stereocenters. The van der Waals surface area contributed by atoms with Gasteiger partial charge in [0.1, 0.15) is 4.70 Å². The molecule has 0 bridgehead atoms. The van der Waals surface area contributed by atoms with E-state index in [-0.39, 0.29) is 17.4 Å². The standard InChI is InChI=1S/C27H32N4O2S/c1-19-9-11-22(12-10-19)31-26(33)24-23(14-17-34-24)29-27(31)30-16-5-8-21(18-30)25(32)28-15-13-20-6-3-2-4-7-20/h6,9-12,14,17,21H,2-5,7-8,13,15-16,18H2,1H3,(H,28,32). The maximum atomic E-state index is 13.5. The first-order valence-corrected chi connectivity index (χ1v) is 13.3. The smallest absolute Gasteiger partial charge is 0.277 e. The summed E-state index contributed by atoms with van der Waals surface area (Å²) in [7, 11) is 0. The van der Waals surface area contributed by atoms with Crippen LogP contribution in [0.15, 0.2) is 52.2 Å². The van der Waals surface area contributed by atoms with Crippen molar-refractivity contribution in [2.75, 3.05) is 24.5 Å². The van der Waals surface area contributed by atoms with Crippen molar-refractivity contribution < 1.29 is 4.79 Å². The van der Waals surface area contributed by atoms with Gasteiger partial charge in [-0.2, -0.15) is 0 Å². The summed E-state index contributed by atoms with van der Waals surface area (Å²) in [5.41, 5.74) is 4.10. The zero-order valence-electron chi connectivity index (χ0n) is 19.8. The van der Waals surface area contributed by atoms with E-state index in [4.69, 9.17) is 4.98 Å². The molecule has 1 unspecified atom stereocenters. The summed E-state index contributed by atoms with van der Waals surface area (Å²) in [4.78, 5) is 33.5. The van der Waals surface area contributed by atoms with Crippen LogP contribution in [0.4, 0.5) is 5.95 Å². The maximum absolute atomic E-state index is 13.5. The fraction of sp³-hybridized carbons (Fsp3) is 0.444. The van der Waals surface area contributed by atoms with Crippen LogP contribution < -0.4 is 15.8 Å². The number of piperidine rings is 1. The van der Waals surface area contributed by atoms with Gasteiger partial charge in [0.05, 0.1) is 17.1 Å². The molecular weight excluding hydrogens is 444 g/mol. The number of carbonyl (C=O) groups excluding carboxylic acids is 1. The van der Waals surface area contributed by atoms with Crippen LogP contribution in [0.1, 0.15) is 50.5 Å². The number of thiophene rings is 1. The van der Waals surface area contributed by atoms with Crippen LogP contribution in [0, 0.1) is 12.8 Å². The van der Waals surface area contributed by atoms with Crippen LogP contribution in [-0.4, -0.2) is 35.1 Å². The van der Waals surface area contributed by atoms with Crippen LogP contribution >= 0.6 is 11.3 Å². The highest BCUT2D eigenvalue weighted by atomic mass is 32.1. The van der Waals surface area contributed by atoms with E-state index >= 15 is 0 Å². The number of aromatic nitrogens is 2. The van der Waals surface area contributed by atoms with Gasteiger partial charge in [-0.3, -0.25) is 9.59 Å². The minimum Gasteiger partial charge on any atom is -0.355 e. The molecule has 5 rings (SSSR count). The Morgan fingerprint density at radius 2 is 2.03 bits per heavy atom. The predicted octanol–water partition coefficient (Wildman–Crippen LogP) is 4.98. The fourth-order valence-corrected chi connectivity index (χ4v) is 5.79.